The number of rotatable bonds is 7. The fourth-order valence-electron chi connectivity index (χ4n) is 10.7. The van der Waals surface area contributed by atoms with E-state index in [1.165, 1.54) is 10.8 Å². The molecule has 3 N–H and O–H groups in total. The summed E-state index contributed by atoms with van der Waals surface area (Å²) in [6, 6.07) is 68.6. The minimum Gasteiger partial charge on any atom is -0.398 e. The minimum absolute atomic E-state index is 0.101. The van der Waals surface area contributed by atoms with E-state index in [0.29, 0.717) is 17.2 Å². The van der Waals surface area contributed by atoms with Crippen LogP contribution in [0.5, 0.6) is 0 Å². The summed E-state index contributed by atoms with van der Waals surface area (Å²) in [6.45, 7) is 2.26. The molecule has 332 valence electrons. The van der Waals surface area contributed by atoms with Crippen molar-refractivity contribution in [3.8, 4) is 45.1 Å². The van der Waals surface area contributed by atoms with Crippen LogP contribution in [0.4, 0.5) is 0 Å². The van der Waals surface area contributed by atoms with Gasteiger partial charge in [-0.2, -0.15) is 0 Å². The lowest BCUT2D eigenvalue weighted by Gasteiger charge is -2.21. The number of fused-ring (bicyclic) bond motifs is 7. The van der Waals surface area contributed by atoms with Gasteiger partial charge in [0.15, 0.2) is 5.82 Å². The molecule has 0 bridgehead atoms. The van der Waals surface area contributed by atoms with E-state index >= 15 is 0 Å². The highest BCUT2D eigenvalue weighted by molar-refractivity contribution is 6.20. The van der Waals surface area contributed by atoms with E-state index in [0.717, 1.165) is 100 Å². The smallest absolute Gasteiger partial charge is 0.160 e. The highest BCUT2D eigenvalue weighted by atomic mass is 15.0. The number of nitrogens with two attached hydrogens (primary N) is 1. The molecule has 0 saturated carbocycles. The predicted molar refractivity (Wildman–Crippen MR) is 291 cm³/mol. The van der Waals surface area contributed by atoms with Crippen LogP contribution in [0.1, 0.15) is 35.2 Å². The molecule has 2 atom stereocenters. The molecule has 6 heteroatoms. The van der Waals surface area contributed by atoms with Gasteiger partial charge in [0, 0.05) is 66.8 Å². The third-order valence-corrected chi connectivity index (χ3v) is 14.2. The molecule has 2 aliphatic carbocycles. The van der Waals surface area contributed by atoms with E-state index in [-0.39, 0.29) is 11.8 Å². The summed E-state index contributed by atoms with van der Waals surface area (Å²) in [7, 11) is 0. The first-order valence-corrected chi connectivity index (χ1v) is 23.9. The Labute approximate surface area is 405 Å². The van der Waals surface area contributed by atoms with E-state index in [4.69, 9.17) is 21.1 Å². The third-order valence-electron chi connectivity index (χ3n) is 14.2. The molecule has 2 aliphatic rings. The largest absolute Gasteiger partial charge is 0.398 e. The number of benzene rings is 8. The summed E-state index contributed by atoms with van der Waals surface area (Å²) >= 11 is 0. The van der Waals surface area contributed by atoms with E-state index in [9.17, 15) is 0 Å². The summed E-state index contributed by atoms with van der Waals surface area (Å²) < 4.78 is 4.78. The van der Waals surface area contributed by atoms with Crippen molar-refractivity contribution in [2.45, 2.75) is 12.8 Å². The van der Waals surface area contributed by atoms with Gasteiger partial charge in [0.2, 0.25) is 0 Å². The molecule has 70 heavy (non-hydrogen) atoms. The van der Waals surface area contributed by atoms with Gasteiger partial charge in [0.05, 0.1) is 39.2 Å². The molecule has 0 fully saturated rings. The Kier molecular flexibility index (Phi) is 9.73. The lowest BCUT2D eigenvalue weighted by Crippen LogP contribution is -2.13. The van der Waals surface area contributed by atoms with Crippen LogP contribution >= 0.6 is 0 Å². The first-order valence-electron chi connectivity index (χ1n) is 23.9. The number of hydrogen-bond donors (Lipinski definition) is 2. The molecule has 0 saturated heterocycles. The van der Waals surface area contributed by atoms with Crippen LogP contribution in [-0.2, 0) is 0 Å². The van der Waals surface area contributed by atoms with Gasteiger partial charge >= 0.3 is 0 Å². The minimum atomic E-state index is 0.101. The fourth-order valence-corrected chi connectivity index (χ4v) is 10.7. The van der Waals surface area contributed by atoms with Gasteiger partial charge in [-0.25, -0.2) is 9.97 Å². The zero-order chi connectivity index (χ0) is 46.9. The number of aromatic nitrogens is 4. The molecular formula is C64H46N6. The summed E-state index contributed by atoms with van der Waals surface area (Å²) in [4.78, 5) is 10.9. The topological polar surface area (TPSA) is 85.5 Å². The van der Waals surface area contributed by atoms with E-state index in [1.807, 2.05) is 48.6 Å². The number of para-hydroxylation sites is 3. The summed E-state index contributed by atoms with van der Waals surface area (Å²) in [5.74, 6) is 1.05. The Balaban J connectivity index is 1.01. The molecule has 0 amide bonds. The van der Waals surface area contributed by atoms with Crippen LogP contribution in [0.2, 0.25) is 0 Å². The standard InChI is InChI=1S/C64H46N6/c1-40-16-5-7-22-49(40)57-39-56(42-18-3-2-4-19-42)67-64(68-57)46-35-47(69-58-27-12-9-24-51(58)52-25-10-13-28-59(52)69)38-48(36-46)70-60-29-14-11-26-53(60)55-37-44(31-33-61(55)70)43-20-15-21-45(34-43)62(65)54-32-30-41-17-6-8-23-50(41)63(54)66/h2-40,49,66H,65H2,1H3/b62-54-,66-63?. The monoisotopic (exact) mass is 898 g/mol. The molecule has 8 aromatic carbocycles. The van der Waals surface area contributed by atoms with Crippen LogP contribution < -0.4 is 5.73 Å². The van der Waals surface area contributed by atoms with Crippen LogP contribution in [-0.4, -0.2) is 24.8 Å². The fraction of sp³-hybridized carbons (Fsp3) is 0.0469. The Bertz CT molecular complexity index is 4010. The average molecular weight is 899 g/mol. The van der Waals surface area contributed by atoms with Crippen molar-refractivity contribution in [3.63, 3.8) is 0 Å². The highest BCUT2D eigenvalue weighted by Crippen LogP contribution is 2.40. The second-order valence-corrected chi connectivity index (χ2v) is 18.4. The van der Waals surface area contributed by atoms with Crippen molar-refractivity contribution in [3.05, 3.63) is 252 Å². The van der Waals surface area contributed by atoms with Crippen LogP contribution in [0.25, 0.3) is 101 Å². The second-order valence-electron chi connectivity index (χ2n) is 18.4. The maximum Gasteiger partial charge on any atom is 0.160 e. The lowest BCUT2D eigenvalue weighted by molar-refractivity contribution is 0.619. The predicted octanol–water partition coefficient (Wildman–Crippen LogP) is 15.3. The SMILES string of the molecule is CC1C=CC=CC1c1cc(-c2ccccc2)nc(-c2cc(-n3c4ccccc4c4ccccc43)cc(-n3c4ccccc4c4cc(-c5cccc(/C(N)=C6\C=Cc7ccccc7C6=N)c5)ccc43)c2)n1. The molecular weight excluding hydrogens is 853 g/mol. The van der Waals surface area contributed by atoms with Gasteiger partial charge in [-0.15, -0.1) is 0 Å². The van der Waals surface area contributed by atoms with E-state index in [1.54, 1.807) is 0 Å². The van der Waals surface area contributed by atoms with Crippen molar-refractivity contribution in [1.29, 1.82) is 5.41 Å². The second kappa shape index (κ2) is 16.6. The van der Waals surface area contributed by atoms with Crippen molar-refractivity contribution < 1.29 is 0 Å². The maximum atomic E-state index is 9.05. The molecule has 6 nitrogen and oxygen atoms in total. The zero-order valence-electron chi connectivity index (χ0n) is 38.5. The molecule has 2 unspecified atom stereocenters. The number of nitrogens with one attached hydrogen (secondary N) is 1. The number of hydrogen-bond acceptors (Lipinski definition) is 4. The molecule has 13 rings (SSSR count). The Morgan fingerprint density at radius 3 is 1.81 bits per heavy atom. The van der Waals surface area contributed by atoms with Gasteiger partial charge in [-0.1, -0.05) is 177 Å². The van der Waals surface area contributed by atoms with Crippen LogP contribution in [0.3, 0.4) is 0 Å². The van der Waals surface area contributed by atoms with E-state index in [2.05, 4.69) is 198 Å². The normalized spacial score (nSPS) is 16.2. The van der Waals surface area contributed by atoms with Crippen LogP contribution in [0.15, 0.2) is 230 Å². The highest BCUT2D eigenvalue weighted by Gasteiger charge is 2.24. The average Bonchev–Trinajstić information content (AvgIpc) is 3.94. The van der Waals surface area contributed by atoms with Gasteiger partial charge in [0.1, 0.15) is 0 Å². The molecule has 0 spiro atoms. The van der Waals surface area contributed by atoms with Crippen molar-refractivity contribution in [2.24, 2.45) is 11.7 Å². The Morgan fingerprint density at radius 2 is 1.10 bits per heavy atom. The van der Waals surface area contributed by atoms with Crippen molar-refractivity contribution >= 4 is 61.1 Å². The summed E-state index contributed by atoms with van der Waals surface area (Å²) in [5, 5.41) is 13.7. The molecule has 0 aliphatic heterocycles. The molecule has 3 heterocycles. The number of nitrogens with zero attached hydrogens (tertiary/aromatic N) is 4. The van der Waals surface area contributed by atoms with Gasteiger partial charge in [-0.05, 0) is 88.8 Å². The van der Waals surface area contributed by atoms with Gasteiger partial charge < -0.3 is 14.9 Å². The quantitative estimate of drug-likeness (QED) is 0.167. The molecule has 3 aromatic heterocycles. The summed E-state index contributed by atoms with van der Waals surface area (Å²) in [5.41, 5.74) is 23.9. The van der Waals surface area contributed by atoms with Gasteiger partial charge in [-0.3, -0.25) is 5.41 Å². The maximum absolute atomic E-state index is 9.05. The molecule has 0 radical (unpaired) electrons. The Hall–Kier alpha value is -9.13. The molecule has 11 aromatic rings. The first-order chi connectivity index (χ1) is 34.4. The van der Waals surface area contributed by atoms with Crippen LogP contribution in [0, 0.1) is 11.3 Å². The van der Waals surface area contributed by atoms with Gasteiger partial charge in [0.25, 0.3) is 0 Å². The Morgan fingerprint density at radius 1 is 0.500 bits per heavy atom. The van der Waals surface area contributed by atoms with Crippen molar-refractivity contribution in [1.82, 2.24) is 19.1 Å². The summed E-state index contributed by atoms with van der Waals surface area (Å²) in [6.07, 6.45) is 12.8. The zero-order valence-corrected chi connectivity index (χ0v) is 38.5. The number of allylic oxidation sites excluding steroid dienone is 6. The van der Waals surface area contributed by atoms with Crippen molar-refractivity contribution in [2.75, 3.05) is 0 Å². The van der Waals surface area contributed by atoms with E-state index < -0.39 is 0 Å². The first kappa shape index (κ1) is 41.1. The lowest BCUT2D eigenvalue weighted by atomic mass is 9.86. The third kappa shape index (κ3) is 6.83.